The molecule has 1 aromatic rings. The first-order chi connectivity index (χ1) is 13.0. The van der Waals surface area contributed by atoms with Gasteiger partial charge in [-0.2, -0.15) is 0 Å². The Morgan fingerprint density at radius 3 is 2.82 bits per heavy atom. The van der Waals surface area contributed by atoms with Crippen LogP contribution in [0.15, 0.2) is 23.2 Å². The van der Waals surface area contributed by atoms with Crippen LogP contribution in [0.2, 0.25) is 0 Å². The maximum atomic E-state index is 11.9. The molecule has 0 radical (unpaired) electrons. The summed E-state index contributed by atoms with van der Waals surface area (Å²) in [6.45, 7) is 10.2. The maximum absolute atomic E-state index is 11.9. The summed E-state index contributed by atoms with van der Waals surface area (Å²) in [6.07, 6.45) is -0.00117. The maximum Gasteiger partial charge on any atom is 0.241 e. The van der Waals surface area contributed by atoms with E-state index >= 15 is 0 Å². The standard InChI is InChI=1S/C20H32N4O3.HI/c1-5-21-20(23-13-19(25)22-8-10-26-4)24-9-11-27-18(14-24)17-7-6-15(2)12-16(17)3;/h6-7,12,18H,5,8-11,13-14H2,1-4H3,(H,21,23)(H,22,25);1H. The molecule has 1 aliphatic rings. The van der Waals surface area contributed by atoms with Gasteiger partial charge in [0.05, 0.1) is 19.8 Å². The molecule has 2 rings (SSSR count). The smallest absolute Gasteiger partial charge is 0.241 e. The zero-order chi connectivity index (χ0) is 19.6. The summed E-state index contributed by atoms with van der Waals surface area (Å²) in [7, 11) is 1.61. The molecule has 1 heterocycles. The fraction of sp³-hybridized carbons (Fsp3) is 0.600. The lowest BCUT2D eigenvalue weighted by Crippen LogP contribution is -2.48. The van der Waals surface area contributed by atoms with Gasteiger partial charge in [0, 0.05) is 26.7 Å². The number of nitrogens with one attached hydrogen (secondary N) is 2. The van der Waals surface area contributed by atoms with Gasteiger partial charge in [-0.25, -0.2) is 4.99 Å². The second-order valence-electron chi connectivity index (χ2n) is 6.68. The molecule has 1 saturated heterocycles. The lowest BCUT2D eigenvalue weighted by molar-refractivity contribution is -0.119. The molecule has 1 unspecified atom stereocenters. The van der Waals surface area contributed by atoms with Crippen molar-refractivity contribution in [3.05, 3.63) is 34.9 Å². The first-order valence-corrected chi connectivity index (χ1v) is 9.52. The predicted molar refractivity (Wildman–Crippen MR) is 122 cm³/mol. The molecule has 1 aromatic carbocycles. The average Bonchev–Trinajstić information content (AvgIpc) is 2.65. The van der Waals surface area contributed by atoms with Crippen molar-refractivity contribution >= 4 is 35.8 Å². The largest absolute Gasteiger partial charge is 0.383 e. The van der Waals surface area contributed by atoms with Crippen LogP contribution < -0.4 is 10.6 Å². The van der Waals surface area contributed by atoms with E-state index in [0.29, 0.717) is 26.3 Å². The first-order valence-electron chi connectivity index (χ1n) is 9.52. The van der Waals surface area contributed by atoms with E-state index < -0.39 is 0 Å². The number of benzene rings is 1. The third-order valence-corrected chi connectivity index (χ3v) is 4.47. The number of aliphatic imine (C=N–C) groups is 1. The van der Waals surface area contributed by atoms with E-state index in [9.17, 15) is 4.79 Å². The van der Waals surface area contributed by atoms with Gasteiger partial charge in [-0.3, -0.25) is 4.79 Å². The fourth-order valence-electron chi connectivity index (χ4n) is 3.14. The van der Waals surface area contributed by atoms with Crippen molar-refractivity contribution in [1.29, 1.82) is 0 Å². The number of hydrogen-bond donors (Lipinski definition) is 2. The van der Waals surface area contributed by atoms with Crippen LogP contribution >= 0.6 is 24.0 Å². The molecule has 1 fully saturated rings. The molecule has 158 valence electrons. The minimum atomic E-state index is -0.110. The van der Waals surface area contributed by atoms with Crippen LogP contribution in [0.4, 0.5) is 0 Å². The molecule has 1 atom stereocenters. The van der Waals surface area contributed by atoms with Gasteiger partial charge < -0.3 is 25.0 Å². The summed E-state index contributed by atoms with van der Waals surface area (Å²) in [5, 5.41) is 6.08. The van der Waals surface area contributed by atoms with E-state index in [1.807, 2.05) is 6.92 Å². The number of morpholine rings is 1. The highest BCUT2D eigenvalue weighted by Gasteiger charge is 2.25. The molecule has 0 spiro atoms. The summed E-state index contributed by atoms with van der Waals surface area (Å²) in [5.74, 6) is 0.638. The Hall–Kier alpha value is -1.39. The molecule has 8 heteroatoms. The van der Waals surface area contributed by atoms with Crippen molar-refractivity contribution < 1.29 is 14.3 Å². The molecular weight excluding hydrogens is 471 g/mol. The lowest BCUT2D eigenvalue weighted by Gasteiger charge is -2.35. The minimum Gasteiger partial charge on any atom is -0.383 e. The molecular formula is C20H33IN4O3. The second kappa shape index (κ2) is 12.9. The SMILES string of the molecule is CCNC(=NCC(=O)NCCOC)N1CCOC(c2ccc(C)cc2C)C1.I. The van der Waals surface area contributed by atoms with Crippen LogP contribution in [0.1, 0.15) is 29.7 Å². The quantitative estimate of drug-likeness (QED) is 0.257. The molecule has 0 bridgehead atoms. The zero-order valence-corrected chi connectivity index (χ0v) is 19.6. The zero-order valence-electron chi connectivity index (χ0n) is 17.3. The molecule has 0 saturated carbocycles. The second-order valence-corrected chi connectivity index (χ2v) is 6.68. The van der Waals surface area contributed by atoms with Crippen molar-refractivity contribution in [2.45, 2.75) is 26.9 Å². The monoisotopic (exact) mass is 504 g/mol. The number of rotatable bonds is 7. The van der Waals surface area contributed by atoms with E-state index in [1.54, 1.807) is 7.11 Å². The van der Waals surface area contributed by atoms with Crippen LogP contribution in [-0.4, -0.2) is 69.8 Å². The van der Waals surface area contributed by atoms with E-state index in [0.717, 1.165) is 19.0 Å². The number of nitrogens with zero attached hydrogens (tertiary/aromatic N) is 2. The van der Waals surface area contributed by atoms with Crippen LogP contribution in [0.3, 0.4) is 0 Å². The van der Waals surface area contributed by atoms with Crippen molar-refractivity contribution in [3.63, 3.8) is 0 Å². The van der Waals surface area contributed by atoms with Crippen molar-refractivity contribution in [2.75, 3.05) is 53.0 Å². The third-order valence-electron chi connectivity index (χ3n) is 4.47. The van der Waals surface area contributed by atoms with Crippen molar-refractivity contribution in [2.24, 2.45) is 4.99 Å². The van der Waals surface area contributed by atoms with E-state index in [-0.39, 0.29) is 42.5 Å². The highest BCUT2D eigenvalue weighted by Crippen LogP contribution is 2.25. The van der Waals surface area contributed by atoms with Gasteiger partial charge >= 0.3 is 0 Å². The third kappa shape index (κ3) is 7.56. The number of carbonyl (C=O) groups excluding carboxylic acids is 1. The van der Waals surface area contributed by atoms with Crippen LogP contribution in [0.5, 0.6) is 0 Å². The lowest BCUT2D eigenvalue weighted by atomic mass is 10.00. The highest BCUT2D eigenvalue weighted by molar-refractivity contribution is 14.0. The molecule has 0 aromatic heterocycles. The molecule has 1 aliphatic heterocycles. The molecule has 1 amide bonds. The Balaban J connectivity index is 0.00000392. The minimum absolute atomic E-state index is 0. The van der Waals surface area contributed by atoms with Gasteiger partial charge in [0.25, 0.3) is 0 Å². The number of ether oxygens (including phenoxy) is 2. The van der Waals surface area contributed by atoms with Crippen molar-refractivity contribution in [3.8, 4) is 0 Å². The first kappa shape index (κ1) is 24.6. The Morgan fingerprint density at radius 2 is 2.14 bits per heavy atom. The van der Waals surface area contributed by atoms with Crippen LogP contribution in [0, 0.1) is 13.8 Å². The molecule has 0 aliphatic carbocycles. The fourth-order valence-corrected chi connectivity index (χ4v) is 3.14. The number of methoxy groups -OCH3 is 1. The Morgan fingerprint density at radius 1 is 1.36 bits per heavy atom. The normalized spacial score (nSPS) is 17.1. The Bertz CT molecular complexity index is 654. The number of amides is 1. The van der Waals surface area contributed by atoms with Gasteiger partial charge in [0.1, 0.15) is 12.6 Å². The Kier molecular flexibility index (Phi) is 11.4. The number of halogens is 1. The van der Waals surface area contributed by atoms with Crippen LogP contribution in [0.25, 0.3) is 0 Å². The average molecular weight is 504 g/mol. The van der Waals surface area contributed by atoms with E-state index in [1.165, 1.54) is 16.7 Å². The summed E-state index contributed by atoms with van der Waals surface area (Å²) in [5.41, 5.74) is 3.69. The number of hydrogen-bond acceptors (Lipinski definition) is 4. The topological polar surface area (TPSA) is 75.2 Å². The van der Waals surface area contributed by atoms with E-state index in [4.69, 9.17) is 9.47 Å². The van der Waals surface area contributed by atoms with Crippen LogP contribution in [-0.2, 0) is 14.3 Å². The van der Waals surface area contributed by atoms with Gasteiger partial charge in [0.2, 0.25) is 5.91 Å². The Labute approximate surface area is 185 Å². The summed E-state index contributed by atoms with van der Waals surface area (Å²) in [4.78, 5) is 18.6. The number of carbonyl (C=O) groups is 1. The summed E-state index contributed by atoms with van der Waals surface area (Å²) in [6, 6.07) is 6.45. The van der Waals surface area contributed by atoms with E-state index in [2.05, 4.69) is 52.6 Å². The van der Waals surface area contributed by atoms with Gasteiger partial charge in [0.15, 0.2) is 5.96 Å². The highest BCUT2D eigenvalue weighted by atomic mass is 127. The molecule has 2 N–H and O–H groups in total. The molecule has 7 nitrogen and oxygen atoms in total. The van der Waals surface area contributed by atoms with Gasteiger partial charge in [-0.15, -0.1) is 24.0 Å². The predicted octanol–water partition coefficient (Wildman–Crippen LogP) is 2.02. The number of guanidine groups is 1. The summed E-state index contributed by atoms with van der Waals surface area (Å²) < 4.78 is 11.0. The number of aryl methyl sites for hydroxylation is 2. The molecule has 28 heavy (non-hydrogen) atoms. The summed E-state index contributed by atoms with van der Waals surface area (Å²) >= 11 is 0. The van der Waals surface area contributed by atoms with Gasteiger partial charge in [-0.1, -0.05) is 23.8 Å². The van der Waals surface area contributed by atoms with Crippen molar-refractivity contribution in [1.82, 2.24) is 15.5 Å². The van der Waals surface area contributed by atoms with Gasteiger partial charge in [-0.05, 0) is 31.9 Å².